The van der Waals surface area contributed by atoms with Crippen molar-refractivity contribution in [2.24, 2.45) is 34.5 Å². The summed E-state index contributed by atoms with van der Waals surface area (Å²) in [6, 6.07) is 0. The van der Waals surface area contributed by atoms with Crippen LogP contribution >= 0.6 is 0 Å². The van der Waals surface area contributed by atoms with Crippen molar-refractivity contribution in [2.75, 3.05) is 0 Å². The van der Waals surface area contributed by atoms with Gasteiger partial charge in [0.1, 0.15) is 5.60 Å². The van der Waals surface area contributed by atoms with Crippen molar-refractivity contribution in [1.82, 2.24) is 0 Å². The third-order valence-corrected chi connectivity index (χ3v) is 9.92. The van der Waals surface area contributed by atoms with Crippen LogP contribution in [0.4, 0.5) is 0 Å². The molecule has 0 N–H and O–H groups in total. The van der Waals surface area contributed by atoms with Gasteiger partial charge in [0.2, 0.25) is 0 Å². The molecule has 5 aliphatic rings. The zero-order valence-corrected chi connectivity index (χ0v) is 15.6. The highest BCUT2D eigenvalue weighted by molar-refractivity contribution is 5.72. The second-order valence-electron chi connectivity index (χ2n) is 10.4. The van der Waals surface area contributed by atoms with Gasteiger partial charge in [-0.05, 0) is 86.9 Å². The molecule has 1 aliphatic heterocycles. The van der Waals surface area contributed by atoms with E-state index in [-0.39, 0.29) is 17.0 Å². The summed E-state index contributed by atoms with van der Waals surface area (Å²) in [6.45, 7) is 5.14. The Kier molecular flexibility index (Phi) is 3.28. The zero-order chi connectivity index (χ0) is 16.6. The highest BCUT2D eigenvalue weighted by Gasteiger charge is 2.67. The molecular weight excluding hydrogens is 296 g/mol. The Hall–Kier alpha value is -0.530. The molecule has 0 amide bonds. The first-order valence-corrected chi connectivity index (χ1v) is 10.7. The Morgan fingerprint density at radius 1 is 0.875 bits per heavy atom. The maximum absolute atomic E-state index is 11.9. The molecule has 1 spiro atoms. The maximum Gasteiger partial charge on any atom is 0.306 e. The monoisotopic (exact) mass is 330 g/mol. The second-order valence-corrected chi connectivity index (χ2v) is 10.4. The average molecular weight is 331 g/mol. The fourth-order valence-corrected chi connectivity index (χ4v) is 8.59. The molecule has 5 fully saturated rings. The average Bonchev–Trinajstić information content (AvgIpc) is 3.08. The first-order valence-electron chi connectivity index (χ1n) is 10.7. The smallest absolute Gasteiger partial charge is 0.306 e. The summed E-state index contributed by atoms with van der Waals surface area (Å²) in [4.78, 5) is 11.9. The molecular formula is C22H34O2. The molecule has 0 radical (unpaired) electrons. The molecule has 2 heteroatoms. The molecule has 0 aromatic carbocycles. The van der Waals surface area contributed by atoms with Gasteiger partial charge in [0.25, 0.3) is 0 Å². The fourth-order valence-electron chi connectivity index (χ4n) is 8.59. The van der Waals surface area contributed by atoms with Crippen LogP contribution in [-0.4, -0.2) is 11.6 Å². The van der Waals surface area contributed by atoms with E-state index in [4.69, 9.17) is 4.74 Å². The van der Waals surface area contributed by atoms with Crippen LogP contribution in [0.15, 0.2) is 0 Å². The minimum absolute atomic E-state index is 0.0712. The Balaban J connectivity index is 1.47. The van der Waals surface area contributed by atoms with Gasteiger partial charge in [0, 0.05) is 11.8 Å². The molecule has 0 bridgehead atoms. The number of carbonyl (C=O) groups excluding carboxylic acids is 1. The molecule has 2 nitrogen and oxygen atoms in total. The number of hydrogen-bond acceptors (Lipinski definition) is 2. The largest absolute Gasteiger partial charge is 0.458 e. The molecule has 24 heavy (non-hydrogen) atoms. The number of ether oxygens (including phenoxy) is 1. The lowest BCUT2D eigenvalue weighted by atomic mass is 9.44. The van der Waals surface area contributed by atoms with Gasteiger partial charge in [-0.3, -0.25) is 4.79 Å². The SMILES string of the molecule is C[C@]12CCCCC1CC[C@@H]1[C@@H]2CC[C@@]2(C)[C@H]1CC[C@]21CCC(=O)O1. The quantitative estimate of drug-likeness (QED) is 0.549. The van der Waals surface area contributed by atoms with Crippen LogP contribution in [0.1, 0.15) is 90.9 Å². The molecule has 0 aromatic heterocycles. The maximum atomic E-state index is 11.9. The van der Waals surface area contributed by atoms with Crippen molar-refractivity contribution in [3.8, 4) is 0 Å². The lowest BCUT2D eigenvalue weighted by molar-refractivity contribution is -0.174. The molecule has 7 atom stereocenters. The van der Waals surface area contributed by atoms with Crippen molar-refractivity contribution in [1.29, 1.82) is 0 Å². The Labute approximate surface area is 147 Å². The first-order chi connectivity index (χ1) is 11.5. The van der Waals surface area contributed by atoms with Crippen molar-refractivity contribution in [3.05, 3.63) is 0 Å². The van der Waals surface area contributed by atoms with Gasteiger partial charge in [-0.15, -0.1) is 0 Å². The van der Waals surface area contributed by atoms with E-state index < -0.39 is 0 Å². The minimum Gasteiger partial charge on any atom is -0.458 e. The molecule has 4 saturated carbocycles. The van der Waals surface area contributed by atoms with Crippen molar-refractivity contribution in [3.63, 3.8) is 0 Å². The number of fused-ring (bicyclic) bond motifs is 6. The molecule has 4 aliphatic carbocycles. The molecule has 134 valence electrons. The first kappa shape index (κ1) is 15.7. The van der Waals surface area contributed by atoms with Gasteiger partial charge in [-0.2, -0.15) is 0 Å². The molecule has 1 unspecified atom stereocenters. The summed E-state index contributed by atoms with van der Waals surface area (Å²) in [5, 5.41) is 0. The number of esters is 1. The number of carbonyl (C=O) groups is 1. The molecule has 0 aromatic rings. The van der Waals surface area contributed by atoms with Gasteiger partial charge in [-0.1, -0.05) is 26.7 Å². The Bertz CT molecular complexity index is 556. The topological polar surface area (TPSA) is 26.3 Å². The van der Waals surface area contributed by atoms with E-state index in [1.54, 1.807) is 0 Å². The predicted octanol–water partition coefficient (Wildman–Crippen LogP) is 5.50. The molecule has 1 heterocycles. The van der Waals surface area contributed by atoms with Crippen molar-refractivity contribution >= 4 is 5.97 Å². The van der Waals surface area contributed by atoms with Crippen LogP contribution in [0.5, 0.6) is 0 Å². The number of rotatable bonds is 0. The normalized spacial score (nSPS) is 56.5. The predicted molar refractivity (Wildman–Crippen MR) is 94.4 cm³/mol. The third-order valence-electron chi connectivity index (χ3n) is 9.92. The standard InChI is InChI=1S/C22H34O2/c1-20-11-4-3-5-15(20)6-7-16-17(20)8-12-21(2)18(16)9-13-22(21)14-10-19(23)24-22/h15-18H,3-14H2,1-2H3/t15?,16-,17+,18+,20+,21+,22+/m1/s1. The Morgan fingerprint density at radius 2 is 1.71 bits per heavy atom. The van der Waals surface area contributed by atoms with Crippen molar-refractivity contribution < 1.29 is 9.53 Å². The minimum atomic E-state index is -0.0932. The second kappa shape index (κ2) is 5.01. The summed E-state index contributed by atoms with van der Waals surface area (Å²) in [5.41, 5.74) is 0.785. The van der Waals surface area contributed by atoms with E-state index in [9.17, 15) is 4.79 Å². The summed E-state index contributed by atoms with van der Waals surface area (Å²) in [5.74, 6) is 3.73. The van der Waals surface area contributed by atoms with Crippen LogP contribution in [0.2, 0.25) is 0 Å². The van der Waals surface area contributed by atoms with Crippen LogP contribution in [0.25, 0.3) is 0 Å². The molecule has 5 rings (SSSR count). The summed E-state index contributed by atoms with van der Waals surface area (Å²) < 4.78 is 6.05. The van der Waals surface area contributed by atoms with Crippen LogP contribution in [-0.2, 0) is 9.53 Å². The highest BCUT2D eigenvalue weighted by Crippen LogP contribution is 2.70. The summed E-state index contributed by atoms with van der Waals surface area (Å²) in [7, 11) is 0. The van der Waals surface area contributed by atoms with E-state index in [0.29, 0.717) is 11.8 Å². The van der Waals surface area contributed by atoms with E-state index in [0.717, 1.165) is 36.5 Å². The summed E-state index contributed by atoms with van der Waals surface area (Å²) >= 11 is 0. The van der Waals surface area contributed by atoms with Gasteiger partial charge in [0.15, 0.2) is 0 Å². The van der Waals surface area contributed by atoms with E-state index in [1.165, 1.54) is 57.8 Å². The highest BCUT2D eigenvalue weighted by atomic mass is 16.6. The summed E-state index contributed by atoms with van der Waals surface area (Å²) in [6.07, 6.45) is 15.6. The van der Waals surface area contributed by atoms with Gasteiger partial charge >= 0.3 is 5.97 Å². The van der Waals surface area contributed by atoms with E-state index in [2.05, 4.69) is 13.8 Å². The lowest BCUT2D eigenvalue weighted by Crippen LogP contribution is -2.56. The van der Waals surface area contributed by atoms with Gasteiger partial charge < -0.3 is 4.74 Å². The van der Waals surface area contributed by atoms with Crippen LogP contribution < -0.4 is 0 Å². The van der Waals surface area contributed by atoms with Crippen LogP contribution in [0, 0.1) is 34.5 Å². The lowest BCUT2D eigenvalue weighted by Gasteiger charge is -2.61. The van der Waals surface area contributed by atoms with Crippen molar-refractivity contribution in [2.45, 2.75) is 96.5 Å². The van der Waals surface area contributed by atoms with E-state index in [1.807, 2.05) is 0 Å². The third kappa shape index (κ3) is 1.81. The van der Waals surface area contributed by atoms with Gasteiger partial charge in [0.05, 0.1) is 0 Å². The fraction of sp³-hybridized carbons (Fsp3) is 0.955. The Morgan fingerprint density at radius 3 is 2.50 bits per heavy atom. The molecule has 1 saturated heterocycles. The van der Waals surface area contributed by atoms with Gasteiger partial charge in [-0.25, -0.2) is 0 Å². The van der Waals surface area contributed by atoms with E-state index >= 15 is 0 Å². The van der Waals surface area contributed by atoms with Crippen LogP contribution in [0.3, 0.4) is 0 Å². The number of hydrogen-bond donors (Lipinski definition) is 0. The zero-order valence-electron chi connectivity index (χ0n) is 15.6.